The second kappa shape index (κ2) is 8.94. The first kappa shape index (κ1) is 21.6. The first-order chi connectivity index (χ1) is 16.6. The third-order valence-electron chi connectivity index (χ3n) is 6.14. The maximum absolute atomic E-state index is 13.3. The van der Waals surface area contributed by atoms with E-state index in [1.807, 2.05) is 91.2 Å². The number of hydrogen-bond donors (Lipinski definition) is 1. The average molecular weight is 452 g/mol. The van der Waals surface area contributed by atoms with E-state index in [0.29, 0.717) is 30.1 Å². The second-order valence-electron chi connectivity index (χ2n) is 8.20. The Bertz CT molecular complexity index is 1560. The van der Waals surface area contributed by atoms with Crippen LogP contribution in [0.2, 0.25) is 0 Å². The van der Waals surface area contributed by atoms with E-state index in [9.17, 15) is 9.59 Å². The van der Waals surface area contributed by atoms with Crippen molar-refractivity contribution in [1.82, 2.24) is 19.2 Å². The maximum atomic E-state index is 13.3. The maximum Gasteiger partial charge on any atom is 0.279 e. The van der Waals surface area contributed by atoms with E-state index in [1.165, 1.54) is 4.52 Å². The van der Waals surface area contributed by atoms with Gasteiger partial charge in [0.2, 0.25) is 11.7 Å². The van der Waals surface area contributed by atoms with E-state index in [0.717, 1.165) is 27.7 Å². The Balaban J connectivity index is 1.44. The fourth-order valence-electron chi connectivity index (χ4n) is 4.37. The minimum atomic E-state index is -0.232. The molecule has 0 aliphatic carbocycles. The van der Waals surface area contributed by atoms with Crippen LogP contribution in [0.1, 0.15) is 24.6 Å². The lowest BCUT2D eigenvalue weighted by Crippen LogP contribution is -2.27. The normalized spacial score (nSPS) is 11.2. The predicted molar refractivity (Wildman–Crippen MR) is 134 cm³/mol. The summed E-state index contributed by atoms with van der Waals surface area (Å²) < 4.78 is 3.33. The highest BCUT2D eigenvalue weighted by molar-refractivity contribution is 6.02. The summed E-state index contributed by atoms with van der Waals surface area (Å²) in [5.74, 6) is 0.875. The number of hydrogen-bond acceptors (Lipinski definition) is 4. The number of rotatable bonds is 6. The van der Waals surface area contributed by atoms with E-state index in [1.54, 1.807) is 0 Å². The first-order valence-electron chi connectivity index (χ1n) is 11.4. The van der Waals surface area contributed by atoms with Gasteiger partial charge in [-0.1, -0.05) is 66.7 Å². The zero-order valence-electron chi connectivity index (χ0n) is 19.2. The molecular weight excluding hydrogens is 426 g/mol. The monoisotopic (exact) mass is 451 g/mol. The molecule has 5 aromatic rings. The van der Waals surface area contributed by atoms with Crippen molar-refractivity contribution in [2.45, 2.75) is 33.2 Å². The molecule has 0 saturated carbocycles. The van der Waals surface area contributed by atoms with E-state index in [4.69, 9.17) is 0 Å². The Morgan fingerprint density at radius 2 is 1.71 bits per heavy atom. The van der Waals surface area contributed by atoms with Crippen molar-refractivity contribution >= 4 is 28.1 Å². The quantitative estimate of drug-likeness (QED) is 0.409. The van der Waals surface area contributed by atoms with Gasteiger partial charge in [0, 0.05) is 40.9 Å². The van der Waals surface area contributed by atoms with Gasteiger partial charge in [0.25, 0.3) is 5.56 Å². The van der Waals surface area contributed by atoms with Gasteiger partial charge in [0.15, 0.2) is 5.82 Å². The molecule has 0 unspecified atom stereocenters. The first-order valence-corrected chi connectivity index (χ1v) is 11.4. The van der Waals surface area contributed by atoms with Gasteiger partial charge in [0.1, 0.15) is 0 Å². The summed E-state index contributed by atoms with van der Waals surface area (Å²) in [4.78, 5) is 30.8. The Hall–Kier alpha value is -4.26. The standard InChI is InChI=1S/C27H25N5O2/c1-3-31-18(2)21(26(34)32-27(31)29-25(30-32)20-11-5-4-6-12-20)16-17-24(33)28-23-15-9-13-19-10-7-8-14-22(19)23/h4-15H,3,16-17H2,1-2H3,(H,28,33). The van der Waals surface area contributed by atoms with E-state index >= 15 is 0 Å². The molecule has 7 heteroatoms. The fourth-order valence-corrected chi connectivity index (χ4v) is 4.37. The largest absolute Gasteiger partial charge is 0.326 e. The smallest absolute Gasteiger partial charge is 0.279 e. The van der Waals surface area contributed by atoms with Crippen LogP contribution in [-0.2, 0) is 17.8 Å². The van der Waals surface area contributed by atoms with Crippen LogP contribution in [0.5, 0.6) is 0 Å². The van der Waals surface area contributed by atoms with E-state index < -0.39 is 0 Å². The third-order valence-corrected chi connectivity index (χ3v) is 6.14. The number of carbonyl (C=O) groups excluding carboxylic acids is 1. The molecule has 0 bridgehead atoms. The van der Waals surface area contributed by atoms with Crippen LogP contribution in [-0.4, -0.2) is 25.1 Å². The molecule has 0 atom stereocenters. The highest BCUT2D eigenvalue weighted by Crippen LogP contribution is 2.23. The number of aryl methyl sites for hydroxylation is 1. The predicted octanol–water partition coefficient (Wildman–Crippen LogP) is 4.61. The van der Waals surface area contributed by atoms with Crippen molar-refractivity contribution < 1.29 is 4.79 Å². The van der Waals surface area contributed by atoms with Crippen LogP contribution >= 0.6 is 0 Å². The van der Waals surface area contributed by atoms with Gasteiger partial charge in [-0.2, -0.15) is 9.50 Å². The SMILES string of the molecule is CCn1c(C)c(CCC(=O)Nc2cccc3ccccc23)c(=O)n2nc(-c3ccccc3)nc12. The van der Waals surface area contributed by atoms with Gasteiger partial charge >= 0.3 is 0 Å². The summed E-state index contributed by atoms with van der Waals surface area (Å²) in [7, 11) is 0. The Morgan fingerprint density at radius 3 is 2.50 bits per heavy atom. The summed E-state index contributed by atoms with van der Waals surface area (Å²) in [6.07, 6.45) is 0.506. The Morgan fingerprint density at radius 1 is 0.971 bits per heavy atom. The number of benzene rings is 3. The molecule has 0 radical (unpaired) electrons. The van der Waals surface area contributed by atoms with Crippen molar-refractivity contribution in [2.75, 3.05) is 5.32 Å². The number of anilines is 1. The number of amides is 1. The van der Waals surface area contributed by atoms with Crippen molar-refractivity contribution in [2.24, 2.45) is 0 Å². The van der Waals surface area contributed by atoms with Gasteiger partial charge in [-0.05, 0) is 31.7 Å². The topological polar surface area (TPSA) is 81.3 Å². The van der Waals surface area contributed by atoms with Gasteiger partial charge in [-0.3, -0.25) is 9.59 Å². The van der Waals surface area contributed by atoms with Crippen LogP contribution in [0.25, 0.3) is 27.9 Å². The molecule has 0 aliphatic rings. The number of nitrogens with zero attached hydrogens (tertiary/aromatic N) is 4. The molecular formula is C27H25N5O2. The molecule has 34 heavy (non-hydrogen) atoms. The summed E-state index contributed by atoms with van der Waals surface area (Å²) in [5.41, 5.74) is 2.77. The molecule has 1 amide bonds. The van der Waals surface area contributed by atoms with Crippen LogP contribution in [0, 0.1) is 6.92 Å². The Kier molecular flexibility index (Phi) is 5.67. The molecule has 170 valence electrons. The van der Waals surface area contributed by atoms with Crippen molar-refractivity contribution in [3.63, 3.8) is 0 Å². The minimum Gasteiger partial charge on any atom is -0.326 e. The summed E-state index contributed by atoms with van der Waals surface area (Å²) in [6, 6.07) is 23.3. The molecule has 1 N–H and O–H groups in total. The average Bonchev–Trinajstić information content (AvgIpc) is 3.31. The van der Waals surface area contributed by atoms with Crippen LogP contribution in [0.4, 0.5) is 5.69 Å². The lowest BCUT2D eigenvalue weighted by Gasteiger charge is -2.14. The molecule has 2 heterocycles. The van der Waals surface area contributed by atoms with Crippen LogP contribution < -0.4 is 10.9 Å². The van der Waals surface area contributed by atoms with Crippen molar-refractivity contribution in [1.29, 1.82) is 0 Å². The molecule has 3 aromatic carbocycles. The molecule has 0 fully saturated rings. The zero-order chi connectivity index (χ0) is 23.7. The second-order valence-corrected chi connectivity index (χ2v) is 8.20. The summed E-state index contributed by atoms with van der Waals surface area (Å²) in [5, 5.41) is 9.55. The number of aromatic nitrogens is 4. The lowest BCUT2D eigenvalue weighted by molar-refractivity contribution is -0.116. The van der Waals surface area contributed by atoms with Crippen molar-refractivity contribution in [3.8, 4) is 11.4 Å². The lowest BCUT2D eigenvalue weighted by atomic mass is 10.1. The van der Waals surface area contributed by atoms with E-state index in [2.05, 4.69) is 15.4 Å². The van der Waals surface area contributed by atoms with Crippen molar-refractivity contribution in [3.05, 3.63) is 94.4 Å². The van der Waals surface area contributed by atoms with Gasteiger partial charge < -0.3 is 9.88 Å². The number of fused-ring (bicyclic) bond motifs is 2. The van der Waals surface area contributed by atoms with Crippen LogP contribution in [0.3, 0.4) is 0 Å². The third kappa shape index (κ3) is 3.85. The minimum absolute atomic E-state index is 0.137. The number of carbonyl (C=O) groups is 1. The highest BCUT2D eigenvalue weighted by atomic mass is 16.1. The zero-order valence-corrected chi connectivity index (χ0v) is 19.2. The fraction of sp³-hybridized carbons (Fsp3) is 0.185. The molecule has 2 aromatic heterocycles. The Labute approximate surface area is 196 Å². The summed E-state index contributed by atoms with van der Waals surface area (Å²) in [6.45, 7) is 4.54. The molecule has 0 aliphatic heterocycles. The van der Waals surface area contributed by atoms with Crippen LogP contribution in [0.15, 0.2) is 77.6 Å². The van der Waals surface area contributed by atoms with Gasteiger partial charge in [-0.25, -0.2) is 0 Å². The molecule has 5 rings (SSSR count). The van der Waals surface area contributed by atoms with Gasteiger partial charge in [0.05, 0.1) is 0 Å². The highest BCUT2D eigenvalue weighted by Gasteiger charge is 2.19. The summed E-state index contributed by atoms with van der Waals surface area (Å²) >= 11 is 0. The molecule has 0 saturated heterocycles. The van der Waals surface area contributed by atoms with E-state index in [-0.39, 0.29) is 17.9 Å². The molecule has 0 spiro atoms. The molecule has 7 nitrogen and oxygen atoms in total. The number of nitrogens with one attached hydrogen (secondary N) is 1. The van der Waals surface area contributed by atoms with Gasteiger partial charge in [-0.15, -0.1) is 5.10 Å².